The Morgan fingerprint density at radius 1 is 1.27 bits per heavy atom. The number of carbonyl (C=O) groups is 1. The van der Waals surface area contributed by atoms with Gasteiger partial charge in [-0.2, -0.15) is 5.10 Å². The summed E-state index contributed by atoms with van der Waals surface area (Å²) in [6.45, 7) is 10.2. The van der Waals surface area contributed by atoms with E-state index in [1.165, 1.54) is 0 Å². The van der Waals surface area contributed by atoms with E-state index >= 15 is 0 Å². The molecule has 7 heteroatoms. The average molecular weight is 410 g/mol. The predicted octanol–water partition coefficient (Wildman–Crippen LogP) is 3.67. The zero-order valence-corrected chi connectivity index (χ0v) is 18.7. The van der Waals surface area contributed by atoms with E-state index in [-0.39, 0.29) is 23.9 Å². The first-order valence-corrected chi connectivity index (χ1v) is 10.6. The van der Waals surface area contributed by atoms with Gasteiger partial charge in [0.25, 0.3) is 11.5 Å². The van der Waals surface area contributed by atoms with Crippen LogP contribution in [0, 0.1) is 13.8 Å². The van der Waals surface area contributed by atoms with Crippen molar-refractivity contribution in [2.75, 3.05) is 0 Å². The zero-order valence-electron chi connectivity index (χ0n) is 18.7. The summed E-state index contributed by atoms with van der Waals surface area (Å²) < 4.78 is 1.72. The SMILES string of the molecule is CCCc1cc(C)[nH]c(=O)c1CNC(=O)c1cc(C(C)CC)nc2c1c(C)nn2C. The fraction of sp³-hybridized carbons (Fsp3) is 0.478. The van der Waals surface area contributed by atoms with Crippen LogP contribution in [0.4, 0.5) is 0 Å². The van der Waals surface area contributed by atoms with Crippen LogP contribution in [0.5, 0.6) is 0 Å². The van der Waals surface area contributed by atoms with Crippen LogP contribution in [0.15, 0.2) is 16.9 Å². The monoisotopic (exact) mass is 409 g/mol. The summed E-state index contributed by atoms with van der Waals surface area (Å²) in [5.74, 6) is 0.0118. The average Bonchev–Trinajstić information content (AvgIpc) is 2.99. The molecule has 3 aromatic heterocycles. The summed E-state index contributed by atoms with van der Waals surface area (Å²) in [6.07, 6.45) is 2.66. The number of aromatic nitrogens is 4. The highest BCUT2D eigenvalue weighted by molar-refractivity contribution is 6.06. The highest BCUT2D eigenvalue weighted by atomic mass is 16.1. The van der Waals surface area contributed by atoms with Crippen molar-refractivity contribution in [3.8, 4) is 0 Å². The van der Waals surface area contributed by atoms with Gasteiger partial charge in [0.1, 0.15) is 0 Å². The summed E-state index contributed by atoms with van der Waals surface area (Å²) in [5, 5.41) is 8.18. The van der Waals surface area contributed by atoms with Crippen LogP contribution in [-0.4, -0.2) is 25.7 Å². The Morgan fingerprint density at radius 2 is 2.00 bits per heavy atom. The molecule has 0 bridgehead atoms. The number of H-pyrrole nitrogens is 1. The molecule has 1 atom stereocenters. The molecule has 3 aromatic rings. The number of fused-ring (bicyclic) bond motifs is 1. The molecule has 1 amide bonds. The molecule has 0 aliphatic carbocycles. The van der Waals surface area contributed by atoms with E-state index in [0.717, 1.165) is 47.3 Å². The predicted molar refractivity (Wildman–Crippen MR) is 119 cm³/mol. The molecule has 2 N–H and O–H groups in total. The molecule has 0 aliphatic rings. The third-order valence-electron chi connectivity index (χ3n) is 5.66. The minimum Gasteiger partial charge on any atom is -0.348 e. The van der Waals surface area contributed by atoms with Crippen molar-refractivity contribution in [2.45, 2.75) is 66.3 Å². The molecule has 0 fully saturated rings. The normalized spacial score (nSPS) is 12.3. The lowest BCUT2D eigenvalue weighted by Crippen LogP contribution is -2.28. The van der Waals surface area contributed by atoms with E-state index < -0.39 is 0 Å². The summed E-state index contributed by atoms with van der Waals surface area (Å²) in [6, 6.07) is 3.86. The van der Waals surface area contributed by atoms with Crippen molar-refractivity contribution in [2.24, 2.45) is 7.05 Å². The van der Waals surface area contributed by atoms with Gasteiger partial charge in [0.15, 0.2) is 5.65 Å². The summed E-state index contributed by atoms with van der Waals surface area (Å²) in [4.78, 5) is 33.3. The Labute approximate surface area is 176 Å². The van der Waals surface area contributed by atoms with Crippen molar-refractivity contribution < 1.29 is 4.79 Å². The maximum absolute atomic E-state index is 13.2. The molecule has 30 heavy (non-hydrogen) atoms. The number of hydrogen-bond acceptors (Lipinski definition) is 4. The van der Waals surface area contributed by atoms with Crippen LogP contribution >= 0.6 is 0 Å². The van der Waals surface area contributed by atoms with E-state index in [4.69, 9.17) is 4.98 Å². The Hall–Kier alpha value is -2.96. The van der Waals surface area contributed by atoms with Crippen LogP contribution in [0.1, 0.15) is 78.1 Å². The first-order valence-electron chi connectivity index (χ1n) is 10.6. The molecule has 0 saturated carbocycles. The number of rotatable bonds is 7. The molecule has 0 spiro atoms. The number of nitrogens with zero attached hydrogens (tertiary/aromatic N) is 3. The van der Waals surface area contributed by atoms with E-state index in [0.29, 0.717) is 16.8 Å². The smallest absolute Gasteiger partial charge is 0.253 e. The van der Waals surface area contributed by atoms with E-state index in [2.05, 4.69) is 36.2 Å². The Morgan fingerprint density at radius 3 is 2.67 bits per heavy atom. The standard InChI is InChI=1S/C23H31N5O2/c1-7-9-16-10-14(4)25-23(30)18(16)12-24-22(29)17-11-19(13(3)8-2)26-21-20(17)15(5)27-28(21)6/h10-11,13H,7-9,12H2,1-6H3,(H,24,29)(H,25,30). The van der Waals surface area contributed by atoms with E-state index in [9.17, 15) is 9.59 Å². The first kappa shape index (κ1) is 21.7. The van der Waals surface area contributed by atoms with Gasteiger partial charge in [-0.05, 0) is 50.3 Å². The topological polar surface area (TPSA) is 92.7 Å². The highest BCUT2D eigenvalue weighted by Gasteiger charge is 2.20. The third-order valence-corrected chi connectivity index (χ3v) is 5.66. The summed E-state index contributed by atoms with van der Waals surface area (Å²) >= 11 is 0. The van der Waals surface area contributed by atoms with Gasteiger partial charge in [-0.1, -0.05) is 27.2 Å². The minimum atomic E-state index is -0.217. The lowest BCUT2D eigenvalue weighted by molar-refractivity contribution is 0.0952. The van der Waals surface area contributed by atoms with Gasteiger partial charge in [0.05, 0.1) is 16.6 Å². The molecule has 0 saturated heterocycles. The van der Waals surface area contributed by atoms with Crippen LogP contribution in [-0.2, 0) is 20.0 Å². The molecular weight excluding hydrogens is 378 g/mol. The minimum absolute atomic E-state index is 0.142. The number of aryl methyl sites for hydroxylation is 4. The van der Waals surface area contributed by atoms with E-state index in [1.54, 1.807) is 4.68 Å². The molecule has 3 heterocycles. The van der Waals surface area contributed by atoms with Crippen molar-refractivity contribution >= 4 is 16.9 Å². The van der Waals surface area contributed by atoms with Crippen molar-refractivity contribution in [1.29, 1.82) is 0 Å². The quantitative estimate of drug-likeness (QED) is 0.623. The molecule has 0 radical (unpaired) electrons. The molecule has 7 nitrogen and oxygen atoms in total. The molecule has 1 unspecified atom stereocenters. The molecule has 0 aliphatic heterocycles. The fourth-order valence-electron chi connectivity index (χ4n) is 3.84. The van der Waals surface area contributed by atoms with Gasteiger partial charge < -0.3 is 10.3 Å². The second-order valence-corrected chi connectivity index (χ2v) is 8.03. The first-order chi connectivity index (χ1) is 14.3. The molecule has 160 valence electrons. The van der Waals surface area contributed by atoms with Crippen LogP contribution in [0.25, 0.3) is 11.0 Å². The lowest BCUT2D eigenvalue weighted by atomic mass is 10.00. The van der Waals surface area contributed by atoms with Crippen molar-refractivity contribution in [3.05, 3.63) is 56.3 Å². The second-order valence-electron chi connectivity index (χ2n) is 8.03. The summed E-state index contributed by atoms with van der Waals surface area (Å²) in [5.41, 5.74) is 5.19. The van der Waals surface area contributed by atoms with Gasteiger partial charge in [-0.3, -0.25) is 14.3 Å². The second kappa shape index (κ2) is 8.81. The number of nitrogens with one attached hydrogen (secondary N) is 2. The number of aromatic amines is 1. The van der Waals surface area contributed by atoms with Crippen molar-refractivity contribution in [1.82, 2.24) is 25.1 Å². The van der Waals surface area contributed by atoms with Gasteiger partial charge in [-0.25, -0.2) is 4.98 Å². The van der Waals surface area contributed by atoms with Gasteiger partial charge >= 0.3 is 0 Å². The van der Waals surface area contributed by atoms with Crippen molar-refractivity contribution in [3.63, 3.8) is 0 Å². The number of pyridine rings is 2. The Kier molecular flexibility index (Phi) is 6.39. The van der Waals surface area contributed by atoms with Gasteiger partial charge in [0, 0.05) is 30.5 Å². The van der Waals surface area contributed by atoms with Crippen LogP contribution < -0.4 is 10.9 Å². The van der Waals surface area contributed by atoms with Crippen LogP contribution in [0.3, 0.4) is 0 Å². The van der Waals surface area contributed by atoms with Gasteiger partial charge in [-0.15, -0.1) is 0 Å². The number of hydrogen-bond donors (Lipinski definition) is 2. The Bertz CT molecular complexity index is 1140. The summed E-state index contributed by atoms with van der Waals surface area (Å²) in [7, 11) is 1.84. The lowest BCUT2D eigenvalue weighted by Gasteiger charge is -2.13. The molecule has 0 aromatic carbocycles. The largest absolute Gasteiger partial charge is 0.348 e. The highest BCUT2D eigenvalue weighted by Crippen LogP contribution is 2.26. The Balaban J connectivity index is 1.99. The molecule has 3 rings (SSSR count). The maximum Gasteiger partial charge on any atom is 0.253 e. The number of amides is 1. The van der Waals surface area contributed by atoms with Gasteiger partial charge in [0.2, 0.25) is 0 Å². The molecular formula is C23H31N5O2. The maximum atomic E-state index is 13.2. The zero-order chi connectivity index (χ0) is 22.0. The van der Waals surface area contributed by atoms with E-state index in [1.807, 2.05) is 33.0 Å². The number of carbonyl (C=O) groups excluding carboxylic acids is 1. The fourth-order valence-corrected chi connectivity index (χ4v) is 3.84. The third kappa shape index (κ3) is 4.15. The van der Waals surface area contributed by atoms with Crippen LogP contribution in [0.2, 0.25) is 0 Å².